The van der Waals surface area contributed by atoms with Gasteiger partial charge in [0.2, 0.25) is 0 Å². The first-order valence-electron chi connectivity index (χ1n) is 9.36. The predicted octanol–water partition coefficient (Wildman–Crippen LogP) is 5.42. The number of benzene rings is 2. The molecule has 190 valence electrons. The Hall–Kier alpha value is -4.43. The molecule has 0 bridgehead atoms. The highest BCUT2D eigenvalue weighted by Gasteiger charge is 2.37. The molecule has 7 nitrogen and oxygen atoms in total. The van der Waals surface area contributed by atoms with E-state index in [2.05, 4.69) is 15.0 Å². The van der Waals surface area contributed by atoms with Crippen LogP contribution in [0.25, 0.3) is 0 Å². The smallest absolute Gasteiger partial charge is 0.456 e. The third-order valence-corrected chi connectivity index (χ3v) is 4.27. The Balaban J connectivity index is 1.99. The van der Waals surface area contributed by atoms with Crippen molar-refractivity contribution in [3.05, 3.63) is 77.1 Å². The molecule has 0 aliphatic carbocycles. The molecule has 0 spiro atoms. The third-order valence-electron chi connectivity index (χ3n) is 4.27. The van der Waals surface area contributed by atoms with Crippen molar-refractivity contribution in [3.63, 3.8) is 0 Å². The van der Waals surface area contributed by atoms with Crippen molar-refractivity contribution >= 4 is 17.5 Å². The monoisotopic (exact) mass is 521 g/mol. The molecule has 0 fully saturated rings. The van der Waals surface area contributed by atoms with Crippen molar-refractivity contribution in [1.82, 2.24) is 4.98 Å². The second kappa shape index (κ2) is 9.67. The van der Waals surface area contributed by atoms with Crippen LogP contribution in [0.5, 0.6) is 17.2 Å². The lowest BCUT2D eigenvalue weighted by Gasteiger charge is -2.16. The van der Waals surface area contributed by atoms with Crippen LogP contribution in [0.15, 0.2) is 48.7 Å². The first-order valence-corrected chi connectivity index (χ1v) is 9.36. The first kappa shape index (κ1) is 26.2. The number of primary amides is 1. The second-order valence-electron chi connectivity index (χ2n) is 6.79. The Labute approximate surface area is 195 Å². The Morgan fingerprint density at radius 3 is 2.11 bits per heavy atom. The summed E-state index contributed by atoms with van der Waals surface area (Å²) in [6.07, 6.45) is -9.51. The van der Waals surface area contributed by atoms with Crippen LogP contribution in [0.4, 0.5) is 40.8 Å². The maximum atomic E-state index is 14.8. The average molecular weight is 521 g/mol. The van der Waals surface area contributed by atoms with Crippen molar-refractivity contribution in [2.24, 2.45) is 5.73 Å². The van der Waals surface area contributed by atoms with Gasteiger partial charge in [-0.1, -0.05) is 0 Å². The fourth-order valence-corrected chi connectivity index (χ4v) is 2.76. The van der Waals surface area contributed by atoms with Crippen LogP contribution in [-0.2, 0) is 6.18 Å². The fourth-order valence-electron chi connectivity index (χ4n) is 2.76. The van der Waals surface area contributed by atoms with E-state index >= 15 is 0 Å². The van der Waals surface area contributed by atoms with E-state index < -0.39 is 64.4 Å². The van der Waals surface area contributed by atoms with Crippen molar-refractivity contribution in [2.75, 3.05) is 5.32 Å². The molecule has 0 atom stereocenters. The Kier molecular flexibility index (Phi) is 7.03. The number of rotatable bonds is 6. The van der Waals surface area contributed by atoms with Gasteiger partial charge in [-0.3, -0.25) is 9.59 Å². The molecule has 0 aliphatic heterocycles. The maximum Gasteiger partial charge on any atom is 0.573 e. The number of ether oxygens (including phenoxy) is 2. The van der Waals surface area contributed by atoms with Gasteiger partial charge in [0.25, 0.3) is 11.8 Å². The SMILES string of the molecule is NC(=O)c1ccc(NC(=O)c2c(Oc3ccc(OC(F)(F)F)c(F)c3)ccc(C(F)(F)F)c2F)cn1. The van der Waals surface area contributed by atoms with E-state index in [9.17, 15) is 44.7 Å². The van der Waals surface area contributed by atoms with Gasteiger partial charge in [-0.25, -0.2) is 13.8 Å². The quantitative estimate of drug-likeness (QED) is 0.422. The summed E-state index contributed by atoms with van der Waals surface area (Å²) in [5.74, 6) is -8.64. The summed E-state index contributed by atoms with van der Waals surface area (Å²) in [7, 11) is 0. The Bertz CT molecular complexity index is 1310. The van der Waals surface area contributed by atoms with Crippen LogP contribution < -0.4 is 20.5 Å². The van der Waals surface area contributed by atoms with Crippen LogP contribution >= 0.6 is 0 Å². The number of nitrogens with two attached hydrogens (primary N) is 1. The lowest BCUT2D eigenvalue weighted by molar-refractivity contribution is -0.275. The molecule has 0 aliphatic rings. The lowest BCUT2D eigenvalue weighted by atomic mass is 10.1. The molecular formula is C21H11F8N3O4. The summed E-state index contributed by atoms with van der Waals surface area (Å²) in [6.45, 7) is 0. The summed E-state index contributed by atoms with van der Waals surface area (Å²) in [5.41, 5.74) is 1.55. The molecule has 1 heterocycles. The van der Waals surface area contributed by atoms with E-state index in [4.69, 9.17) is 10.5 Å². The zero-order valence-corrected chi connectivity index (χ0v) is 17.3. The summed E-state index contributed by atoms with van der Waals surface area (Å²) in [6, 6.07) is 4.62. The lowest BCUT2D eigenvalue weighted by Crippen LogP contribution is -2.19. The number of alkyl halides is 6. The predicted molar refractivity (Wildman–Crippen MR) is 105 cm³/mol. The minimum atomic E-state index is -5.22. The zero-order chi connectivity index (χ0) is 26.8. The maximum absolute atomic E-state index is 14.8. The van der Waals surface area contributed by atoms with Crippen molar-refractivity contribution < 1.29 is 54.2 Å². The van der Waals surface area contributed by atoms with Crippen molar-refractivity contribution in [2.45, 2.75) is 12.5 Å². The molecule has 0 saturated heterocycles. The number of hydrogen-bond donors (Lipinski definition) is 2. The van der Waals surface area contributed by atoms with E-state index in [0.717, 1.165) is 24.4 Å². The highest BCUT2D eigenvalue weighted by atomic mass is 19.4. The Morgan fingerprint density at radius 1 is 0.917 bits per heavy atom. The van der Waals surface area contributed by atoms with Gasteiger partial charge >= 0.3 is 12.5 Å². The highest BCUT2D eigenvalue weighted by Crippen LogP contribution is 2.38. The number of anilines is 1. The van der Waals surface area contributed by atoms with Gasteiger partial charge < -0.3 is 20.5 Å². The van der Waals surface area contributed by atoms with E-state index in [0.29, 0.717) is 18.2 Å². The largest absolute Gasteiger partial charge is 0.573 e. The first-order chi connectivity index (χ1) is 16.7. The summed E-state index contributed by atoms with van der Waals surface area (Å²) < 4.78 is 114. The average Bonchev–Trinajstić information content (AvgIpc) is 2.74. The second-order valence-corrected chi connectivity index (χ2v) is 6.79. The molecule has 36 heavy (non-hydrogen) atoms. The number of carbonyl (C=O) groups is 2. The van der Waals surface area contributed by atoms with Gasteiger partial charge in [0.05, 0.1) is 17.4 Å². The third kappa shape index (κ3) is 6.17. The number of aromatic nitrogens is 1. The fraction of sp³-hybridized carbons (Fsp3) is 0.0952. The number of pyridine rings is 1. The molecule has 3 N–H and O–H groups in total. The molecule has 2 aromatic carbocycles. The normalized spacial score (nSPS) is 11.7. The molecule has 0 saturated carbocycles. The summed E-state index contributed by atoms with van der Waals surface area (Å²) in [5, 5.41) is 2.06. The topological polar surface area (TPSA) is 104 Å². The zero-order valence-electron chi connectivity index (χ0n) is 17.3. The van der Waals surface area contributed by atoms with Crippen molar-refractivity contribution in [3.8, 4) is 17.2 Å². The van der Waals surface area contributed by atoms with Crippen LogP contribution in [0.3, 0.4) is 0 Å². The Morgan fingerprint density at radius 2 is 1.58 bits per heavy atom. The molecule has 3 aromatic rings. The van der Waals surface area contributed by atoms with Crippen LogP contribution in [0.1, 0.15) is 26.4 Å². The molecule has 15 heteroatoms. The van der Waals surface area contributed by atoms with E-state index in [1.54, 1.807) is 0 Å². The number of nitrogens with one attached hydrogen (secondary N) is 1. The minimum absolute atomic E-state index is 0.174. The van der Waals surface area contributed by atoms with Crippen LogP contribution in [0, 0.1) is 11.6 Å². The van der Waals surface area contributed by atoms with Gasteiger partial charge in [-0.05, 0) is 36.4 Å². The van der Waals surface area contributed by atoms with Gasteiger partial charge in [-0.2, -0.15) is 13.2 Å². The minimum Gasteiger partial charge on any atom is -0.456 e. The van der Waals surface area contributed by atoms with E-state index in [-0.39, 0.29) is 17.4 Å². The van der Waals surface area contributed by atoms with Gasteiger partial charge in [-0.15, -0.1) is 13.2 Å². The number of nitrogens with zero attached hydrogens (tertiary/aromatic N) is 1. The summed E-state index contributed by atoms with van der Waals surface area (Å²) >= 11 is 0. The standard InChI is InChI=1S/C21H11F8N3O4/c22-12-7-10(2-5-14(12)36-21(27,28)29)35-15-6-3-11(20(24,25)26)17(23)16(15)19(34)32-9-1-4-13(18(30)33)31-8-9/h1-8H,(H2,30,33)(H,32,34). The molecule has 0 unspecified atom stereocenters. The molecule has 2 amide bonds. The van der Waals surface area contributed by atoms with Crippen LogP contribution in [-0.4, -0.2) is 23.2 Å². The molecule has 1 aromatic heterocycles. The number of carbonyl (C=O) groups excluding carboxylic acids is 2. The number of hydrogen-bond acceptors (Lipinski definition) is 5. The van der Waals surface area contributed by atoms with Gasteiger partial charge in [0, 0.05) is 6.07 Å². The number of amides is 2. The van der Waals surface area contributed by atoms with Gasteiger partial charge in [0.15, 0.2) is 17.4 Å². The molecule has 0 radical (unpaired) electrons. The van der Waals surface area contributed by atoms with E-state index in [1.165, 1.54) is 0 Å². The van der Waals surface area contributed by atoms with Crippen molar-refractivity contribution in [1.29, 1.82) is 0 Å². The number of halogens is 8. The van der Waals surface area contributed by atoms with Crippen LogP contribution in [0.2, 0.25) is 0 Å². The molecular weight excluding hydrogens is 510 g/mol. The highest BCUT2D eigenvalue weighted by molar-refractivity contribution is 6.06. The van der Waals surface area contributed by atoms with E-state index in [1.807, 2.05) is 0 Å². The summed E-state index contributed by atoms with van der Waals surface area (Å²) in [4.78, 5) is 27.4. The van der Waals surface area contributed by atoms with Gasteiger partial charge in [0.1, 0.15) is 22.8 Å². The molecule has 3 rings (SSSR count).